The second kappa shape index (κ2) is 6.29. The minimum atomic E-state index is -0.0533. The molecule has 1 heterocycles. The number of rotatable bonds is 5. The number of benzene rings is 1. The fourth-order valence-corrected chi connectivity index (χ4v) is 2.04. The number of nitrogens with one attached hydrogen (secondary N) is 1. The van der Waals surface area contributed by atoms with Gasteiger partial charge in [-0.1, -0.05) is 25.1 Å². The first-order valence-electron chi connectivity index (χ1n) is 6.54. The number of carbonyl (C=O) groups is 1. The topological polar surface area (TPSA) is 68.0 Å². The summed E-state index contributed by atoms with van der Waals surface area (Å²) in [6, 6.07) is 9.41. The zero-order valence-corrected chi connectivity index (χ0v) is 11.1. The number of fused-ring (bicyclic) bond motifs is 1. The first-order valence-corrected chi connectivity index (χ1v) is 6.54. The summed E-state index contributed by atoms with van der Waals surface area (Å²) in [5.74, 6) is 0.338. The van der Waals surface area contributed by atoms with Crippen LogP contribution in [0.3, 0.4) is 0 Å². The van der Waals surface area contributed by atoms with Crippen molar-refractivity contribution in [2.75, 3.05) is 13.1 Å². The lowest BCUT2D eigenvalue weighted by Gasteiger charge is -2.12. The molecule has 100 valence electrons. The fourth-order valence-electron chi connectivity index (χ4n) is 2.04. The first-order chi connectivity index (χ1) is 9.22. The van der Waals surface area contributed by atoms with E-state index in [1.54, 1.807) is 12.3 Å². The van der Waals surface area contributed by atoms with E-state index in [1.165, 1.54) is 0 Å². The van der Waals surface area contributed by atoms with Gasteiger partial charge in [0, 0.05) is 18.1 Å². The van der Waals surface area contributed by atoms with Crippen molar-refractivity contribution in [3.05, 3.63) is 42.1 Å². The summed E-state index contributed by atoms with van der Waals surface area (Å²) in [4.78, 5) is 16.4. The zero-order chi connectivity index (χ0) is 13.7. The van der Waals surface area contributed by atoms with Crippen molar-refractivity contribution in [1.29, 1.82) is 0 Å². The van der Waals surface area contributed by atoms with E-state index < -0.39 is 0 Å². The number of aromatic nitrogens is 1. The van der Waals surface area contributed by atoms with Gasteiger partial charge in [0.25, 0.3) is 5.91 Å². The van der Waals surface area contributed by atoms with Crippen LogP contribution in [0, 0.1) is 5.92 Å². The van der Waals surface area contributed by atoms with Crippen LogP contribution < -0.4 is 11.1 Å². The Hall–Kier alpha value is -1.94. The highest BCUT2D eigenvalue weighted by Gasteiger charge is 2.11. The van der Waals surface area contributed by atoms with Crippen LogP contribution in [0.15, 0.2) is 36.5 Å². The number of para-hydroxylation sites is 1. The number of nitrogens with zero attached hydrogens (tertiary/aromatic N) is 1. The van der Waals surface area contributed by atoms with Gasteiger partial charge in [-0.2, -0.15) is 0 Å². The molecule has 1 atom stereocenters. The van der Waals surface area contributed by atoms with Gasteiger partial charge in [-0.15, -0.1) is 0 Å². The number of carbonyl (C=O) groups excluding carboxylic acids is 1. The molecular weight excluding hydrogens is 238 g/mol. The number of pyridine rings is 1. The van der Waals surface area contributed by atoms with Gasteiger partial charge in [0.1, 0.15) is 0 Å². The maximum Gasteiger partial charge on any atom is 0.252 e. The molecule has 1 amide bonds. The van der Waals surface area contributed by atoms with Crippen LogP contribution in [-0.2, 0) is 0 Å². The van der Waals surface area contributed by atoms with E-state index in [0.717, 1.165) is 17.3 Å². The van der Waals surface area contributed by atoms with Crippen LogP contribution in [-0.4, -0.2) is 24.0 Å². The third-order valence-electron chi connectivity index (χ3n) is 3.16. The van der Waals surface area contributed by atoms with E-state index in [2.05, 4.69) is 17.2 Å². The molecular formula is C15H19N3O. The highest BCUT2D eigenvalue weighted by molar-refractivity contribution is 6.05. The monoisotopic (exact) mass is 257 g/mol. The molecule has 2 aromatic rings. The van der Waals surface area contributed by atoms with Gasteiger partial charge in [-0.3, -0.25) is 9.78 Å². The Morgan fingerprint density at radius 1 is 1.37 bits per heavy atom. The summed E-state index contributed by atoms with van der Waals surface area (Å²) in [5, 5.41) is 3.84. The molecule has 4 heteroatoms. The summed E-state index contributed by atoms with van der Waals surface area (Å²) >= 11 is 0. The van der Waals surface area contributed by atoms with Crippen molar-refractivity contribution in [3.8, 4) is 0 Å². The van der Waals surface area contributed by atoms with Crippen molar-refractivity contribution in [1.82, 2.24) is 10.3 Å². The van der Waals surface area contributed by atoms with Crippen molar-refractivity contribution in [2.45, 2.75) is 13.3 Å². The Labute approximate surface area is 113 Å². The molecule has 0 aliphatic heterocycles. The normalized spacial score (nSPS) is 12.3. The smallest absolute Gasteiger partial charge is 0.252 e. The van der Waals surface area contributed by atoms with Crippen LogP contribution in [0.2, 0.25) is 0 Å². The van der Waals surface area contributed by atoms with E-state index in [9.17, 15) is 4.79 Å². The third-order valence-corrected chi connectivity index (χ3v) is 3.16. The minimum absolute atomic E-state index is 0.0533. The van der Waals surface area contributed by atoms with Gasteiger partial charge >= 0.3 is 0 Å². The molecule has 1 unspecified atom stereocenters. The van der Waals surface area contributed by atoms with E-state index in [4.69, 9.17) is 5.73 Å². The fraction of sp³-hybridized carbons (Fsp3) is 0.333. The SMILES string of the molecule is CC(CCN)CNC(=O)c1ccnc2ccccc12. The molecule has 0 spiro atoms. The van der Waals surface area contributed by atoms with Gasteiger partial charge in [0.15, 0.2) is 0 Å². The third kappa shape index (κ3) is 3.29. The van der Waals surface area contributed by atoms with E-state index in [0.29, 0.717) is 24.6 Å². The first kappa shape index (κ1) is 13.5. The van der Waals surface area contributed by atoms with Crippen molar-refractivity contribution >= 4 is 16.8 Å². The molecule has 0 fully saturated rings. The number of hydrogen-bond acceptors (Lipinski definition) is 3. The standard InChI is InChI=1S/C15H19N3O/c1-11(6-8-16)10-18-15(19)13-7-9-17-14-5-3-2-4-12(13)14/h2-5,7,9,11H,6,8,10,16H2,1H3,(H,18,19). The molecule has 2 rings (SSSR count). The van der Waals surface area contributed by atoms with Gasteiger partial charge in [-0.05, 0) is 31.0 Å². The molecule has 0 radical (unpaired) electrons. The molecule has 0 saturated carbocycles. The predicted octanol–water partition coefficient (Wildman–Crippen LogP) is 1.95. The summed E-state index contributed by atoms with van der Waals surface area (Å²) in [7, 11) is 0. The minimum Gasteiger partial charge on any atom is -0.352 e. The molecule has 0 bridgehead atoms. The summed E-state index contributed by atoms with van der Waals surface area (Å²) in [6.07, 6.45) is 2.58. The van der Waals surface area contributed by atoms with Crippen LogP contribution in [0.25, 0.3) is 10.9 Å². The summed E-state index contributed by atoms with van der Waals surface area (Å²) in [5.41, 5.74) is 7.01. The molecule has 1 aromatic carbocycles. The largest absolute Gasteiger partial charge is 0.352 e. The van der Waals surface area contributed by atoms with E-state index >= 15 is 0 Å². The lowest BCUT2D eigenvalue weighted by Crippen LogP contribution is -2.29. The zero-order valence-electron chi connectivity index (χ0n) is 11.1. The maximum absolute atomic E-state index is 12.2. The quantitative estimate of drug-likeness (QED) is 0.860. The highest BCUT2D eigenvalue weighted by Crippen LogP contribution is 2.16. The Kier molecular flexibility index (Phi) is 4.47. The Bertz CT molecular complexity index is 563. The lowest BCUT2D eigenvalue weighted by atomic mass is 10.1. The Balaban J connectivity index is 2.13. The number of hydrogen-bond donors (Lipinski definition) is 2. The van der Waals surface area contributed by atoms with Gasteiger partial charge in [-0.25, -0.2) is 0 Å². The molecule has 4 nitrogen and oxygen atoms in total. The van der Waals surface area contributed by atoms with Gasteiger partial charge < -0.3 is 11.1 Å². The number of nitrogens with two attached hydrogens (primary N) is 1. The van der Waals surface area contributed by atoms with E-state index in [1.807, 2.05) is 24.3 Å². The van der Waals surface area contributed by atoms with Gasteiger partial charge in [0.2, 0.25) is 0 Å². The maximum atomic E-state index is 12.2. The highest BCUT2D eigenvalue weighted by atomic mass is 16.1. The molecule has 1 aromatic heterocycles. The molecule has 19 heavy (non-hydrogen) atoms. The molecule has 0 saturated heterocycles. The molecule has 3 N–H and O–H groups in total. The molecule has 0 aliphatic carbocycles. The van der Waals surface area contributed by atoms with Crippen LogP contribution in [0.1, 0.15) is 23.7 Å². The van der Waals surface area contributed by atoms with Crippen molar-refractivity contribution < 1.29 is 4.79 Å². The van der Waals surface area contributed by atoms with Crippen LogP contribution in [0.5, 0.6) is 0 Å². The Morgan fingerprint density at radius 3 is 2.95 bits per heavy atom. The predicted molar refractivity (Wildman–Crippen MR) is 76.9 cm³/mol. The summed E-state index contributed by atoms with van der Waals surface area (Å²) in [6.45, 7) is 3.37. The molecule has 0 aliphatic rings. The Morgan fingerprint density at radius 2 is 2.16 bits per heavy atom. The average Bonchev–Trinajstić information content (AvgIpc) is 2.44. The second-order valence-corrected chi connectivity index (χ2v) is 4.77. The second-order valence-electron chi connectivity index (χ2n) is 4.77. The van der Waals surface area contributed by atoms with Gasteiger partial charge in [0.05, 0.1) is 11.1 Å². The lowest BCUT2D eigenvalue weighted by molar-refractivity contribution is 0.0949. The van der Waals surface area contributed by atoms with E-state index in [-0.39, 0.29) is 5.91 Å². The van der Waals surface area contributed by atoms with Crippen LogP contribution >= 0.6 is 0 Å². The van der Waals surface area contributed by atoms with Crippen molar-refractivity contribution in [2.24, 2.45) is 11.7 Å². The number of amides is 1. The average molecular weight is 257 g/mol. The van der Waals surface area contributed by atoms with Crippen molar-refractivity contribution in [3.63, 3.8) is 0 Å². The summed E-state index contributed by atoms with van der Waals surface area (Å²) < 4.78 is 0. The van der Waals surface area contributed by atoms with Crippen LogP contribution in [0.4, 0.5) is 0 Å².